The second-order valence-electron chi connectivity index (χ2n) is 7.15. The Labute approximate surface area is 145 Å². The lowest BCUT2D eigenvalue weighted by atomic mass is 10.0. The maximum Gasteiger partial charge on any atom is 0.128 e. The van der Waals surface area contributed by atoms with Crippen molar-refractivity contribution in [2.24, 2.45) is 0 Å². The van der Waals surface area contributed by atoms with Crippen LogP contribution in [0.1, 0.15) is 48.5 Å². The Morgan fingerprint density at radius 3 is 2.50 bits per heavy atom. The monoisotopic (exact) mass is 321 g/mol. The number of aromatic nitrogens is 1. The summed E-state index contributed by atoms with van der Waals surface area (Å²) in [6.07, 6.45) is 5.13. The minimum atomic E-state index is 0.519. The number of nitrogens with zero attached hydrogens (tertiary/aromatic N) is 3. The highest BCUT2D eigenvalue weighted by Crippen LogP contribution is 2.35. The second-order valence-corrected chi connectivity index (χ2v) is 7.15. The molecule has 126 valence electrons. The van der Waals surface area contributed by atoms with Crippen LogP contribution in [0.4, 0.5) is 5.82 Å². The number of rotatable bonds is 4. The third-order valence-electron chi connectivity index (χ3n) is 5.49. The molecule has 2 saturated heterocycles. The van der Waals surface area contributed by atoms with Crippen LogP contribution >= 0.6 is 0 Å². The van der Waals surface area contributed by atoms with Crippen molar-refractivity contribution in [3.05, 3.63) is 59.3 Å². The molecule has 3 nitrogen and oxygen atoms in total. The van der Waals surface area contributed by atoms with Crippen LogP contribution in [0.2, 0.25) is 0 Å². The van der Waals surface area contributed by atoms with Crippen LogP contribution < -0.4 is 4.90 Å². The maximum absolute atomic E-state index is 4.94. The minimum absolute atomic E-state index is 0.519. The molecule has 0 bridgehead atoms. The lowest BCUT2D eigenvalue weighted by molar-refractivity contribution is 0.247. The Morgan fingerprint density at radius 2 is 1.75 bits per heavy atom. The normalized spacial score (nSPS) is 21.5. The molecule has 0 N–H and O–H groups in total. The molecule has 0 unspecified atom stereocenters. The van der Waals surface area contributed by atoms with Crippen molar-refractivity contribution in [2.75, 3.05) is 24.5 Å². The lowest BCUT2D eigenvalue weighted by Crippen LogP contribution is -2.24. The Bertz CT molecular complexity index is 677. The number of hydrogen-bond acceptors (Lipinski definition) is 3. The quantitative estimate of drug-likeness (QED) is 0.835. The Morgan fingerprint density at radius 1 is 0.958 bits per heavy atom. The van der Waals surface area contributed by atoms with E-state index in [2.05, 4.69) is 59.2 Å². The van der Waals surface area contributed by atoms with Crippen LogP contribution in [-0.4, -0.2) is 29.5 Å². The van der Waals surface area contributed by atoms with Gasteiger partial charge in [-0.1, -0.05) is 36.4 Å². The molecule has 2 aliphatic rings. The zero-order valence-corrected chi connectivity index (χ0v) is 14.6. The summed E-state index contributed by atoms with van der Waals surface area (Å²) in [5, 5.41) is 0. The van der Waals surface area contributed by atoms with Crippen LogP contribution in [-0.2, 0) is 6.54 Å². The Kier molecular flexibility index (Phi) is 4.52. The van der Waals surface area contributed by atoms with E-state index in [1.807, 2.05) is 0 Å². The van der Waals surface area contributed by atoms with Gasteiger partial charge in [-0.05, 0) is 56.3 Å². The molecule has 4 rings (SSSR count). The summed E-state index contributed by atoms with van der Waals surface area (Å²) in [6.45, 7) is 6.74. The lowest BCUT2D eigenvalue weighted by Gasteiger charge is -2.27. The molecule has 2 aliphatic heterocycles. The summed E-state index contributed by atoms with van der Waals surface area (Å²) in [4.78, 5) is 9.98. The van der Waals surface area contributed by atoms with Crippen LogP contribution in [0.25, 0.3) is 0 Å². The first-order valence-electron chi connectivity index (χ1n) is 9.32. The SMILES string of the molecule is Cc1nc(N2CCCC2)ccc1[C@@H]1CCCN1Cc1ccccc1. The first-order valence-corrected chi connectivity index (χ1v) is 9.32. The van der Waals surface area contributed by atoms with Crippen LogP contribution in [0, 0.1) is 6.92 Å². The van der Waals surface area contributed by atoms with Crippen LogP contribution in [0.3, 0.4) is 0 Å². The standard InChI is InChI=1S/C21H27N3/c1-17-19(11-12-21(22-17)23-13-5-6-14-23)20-10-7-15-24(20)16-18-8-3-2-4-9-18/h2-4,8-9,11-12,20H,5-7,10,13-16H2,1H3/t20-/m0/s1. The van der Waals surface area contributed by atoms with E-state index in [0.29, 0.717) is 6.04 Å². The van der Waals surface area contributed by atoms with Crippen molar-refractivity contribution < 1.29 is 0 Å². The van der Waals surface area contributed by atoms with Gasteiger partial charge in [0.1, 0.15) is 5.82 Å². The second kappa shape index (κ2) is 6.94. The van der Waals surface area contributed by atoms with Gasteiger partial charge in [-0.25, -0.2) is 4.98 Å². The summed E-state index contributed by atoms with van der Waals surface area (Å²) >= 11 is 0. The van der Waals surface area contributed by atoms with E-state index >= 15 is 0 Å². The van der Waals surface area contributed by atoms with Crippen molar-refractivity contribution >= 4 is 5.82 Å². The van der Waals surface area contributed by atoms with Gasteiger partial charge >= 0.3 is 0 Å². The van der Waals surface area contributed by atoms with Crippen molar-refractivity contribution in [3.63, 3.8) is 0 Å². The average molecular weight is 321 g/mol. The number of benzene rings is 1. The van der Waals surface area contributed by atoms with Gasteiger partial charge in [0, 0.05) is 31.4 Å². The molecule has 3 heterocycles. The van der Waals surface area contributed by atoms with E-state index in [1.165, 1.54) is 54.9 Å². The predicted molar refractivity (Wildman–Crippen MR) is 99.2 cm³/mol. The molecule has 0 saturated carbocycles. The first-order chi connectivity index (χ1) is 11.8. The predicted octanol–water partition coefficient (Wildman–Crippen LogP) is 4.33. The van der Waals surface area contributed by atoms with Gasteiger partial charge in [0.2, 0.25) is 0 Å². The molecule has 1 aromatic carbocycles. The van der Waals surface area contributed by atoms with Gasteiger partial charge in [-0.3, -0.25) is 4.90 Å². The van der Waals surface area contributed by atoms with Gasteiger partial charge < -0.3 is 4.90 Å². The molecular formula is C21H27N3. The van der Waals surface area contributed by atoms with E-state index in [4.69, 9.17) is 4.98 Å². The van der Waals surface area contributed by atoms with Gasteiger partial charge in [-0.2, -0.15) is 0 Å². The highest BCUT2D eigenvalue weighted by atomic mass is 15.2. The molecule has 2 fully saturated rings. The van der Waals surface area contributed by atoms with Crippen LogP contribution in [0.15, 0.2) is 42.5 Å². The fourth-order valence-electron chi connectivity index (χ4n) is 4.22. The maximum atomic E-state index is 4.94. The number of aryl methyl sites for hydroxylation is 1. The largest absolute Gasteiger partial charge is 0.357 e. The molecule has 3 heteroatoms. The number of pyridine rings is 1. The molecule has 24 heavy (non-hydrogen) atoms. The number of likely N-dealkylation sites (tertiary alicyclic amines) is 1. The van der Waals surface area contributed by atoms with Crippen molar-refractivity contribution in [1.29, 1.82) is 0 Å². The van der Waals surface area contributed by atoms with E-state index in [1.54, 1.807) is 0 Å². The van der Waals surface area contributed by atoms with Crippen molar-refractivity contribution in [1.82, 2.24) is 9.88 Å². The van der Waals surface area contributed by atoms with Crippen LogP contribution in [0.5, 0.6) is 0 Å². The molecule has 0 aliphatic carbocycles. The zero-order chi connectivity index (χ0) is 16.4. The van der Waals surface area contributed by atoms with Crippen molar-refractivity contribution in [2.45, 2.75) is 45.2 Å². The molecule has 0 spiro atoms. The summed E-state index contributed by atoms with van der Waals surface area (Å²) in [5.41, 5.74) is 4.04. The van der Waals surface area contributed by atoms with Crippen molar-refractivity contribution in [3.8, 4) is 0 Å². The number of hydrogen-bond donors (Lipinski definition) is 0. The average Bonchev–Trinajstić information content (AvgIpc) is 3.28. The summed E-state index contributed by atoms with van der Waals surface area (Å²) in [6, 6.07) is 15.9. The van der Waals surface area contributed by atoms with E-state index < -0.39 is 0 Å². The summed E-state index contributed by atoms with van der Waals surface area (Å²) < 4.78 is 0. The summed E-state index contributed by atoms with van der Waals surface area (Å²) in [7, 11) is 0. The van der Waals surface area contributed by atoms with Gasteiger partial charge in [0.25, 0.3) is 0 Å². The Balaban J connectivity index is 1.53. The van der Waals surface area contributed by atoms with Gasteiger partial charge in [0.05, 0.1) is 0 Å². The molecule has 0 radical (unpaired) electrons. The molecule has 1 atom stereocenters. The molecule has 1 aromatic heterocycles. The Hall–Kier alpha value is -1.87. The minimum Gasteiger partial charge on any atom is -0.357 e. The highest BCUT2D eigenvalue weighted by molar-refractivity contribution is 5.43. The molecule has 0 amide bonds. The van der Waals surface area contributed by atoms with E-state index in [0.717, 1.165) is 19.6 Å². The highest BCUT2D eigenvalue weighted by Gasteiger charge is 2.28. The zero-order valence-electron chi connectivity index (χ0n) is 14.6. The third kappa shape index (κ3) is 3.18. The topological polar surface area (TPSA) is 19.4 Å². The van der Waals surface area contributed by atoms with Gasteiger partial charge in [-0.15, -0.1) is 0 Å². The smallest absolute Gasteiger partial charge is 0.128 e. The van der Waals surface area contributed by atoms with E-state index in [9.17, 15) is 0 Å². The van der Waals surface area contributed by atoms with Gasteiger partial charge in [0.15, 0.2) is 0 Å². The first kappa shape index (κ1) is 15.6. The van der Waals surface area contributed by atoms with E-state index in [-0.39, 0.29) is 0 Å². The summed E-state index contributed by atoms with van der Waals surface area (Å²) in [5.74, 6) is 1.17. The molecule has 2 aromatic rings. The molecular weight excluding hydrogens is 294 g/mol. The number of anilines is 1. The third-order valence-corrected chi connectivity index (χ3v) is 5.49. The fraction of sp³-hybridized carbons (Fsp3) is 0.476. The fourth-order valence-corrected chi connectivity index (χ4v) is 4.22.